The molecule has 0 spiro atoms. The van der Waals surface area contributed by atoms with Crippen LogP contribution in [0, 0.1) is 11.7 Å². The fraction of sp³-hybridized carbons (Fsp3) is 0.233. The largest absolute Gasteiger partial charge is 0.337 e. The third-order valence-electron chi connectivity index (χ3n) is 7.57. The summed E-state index contributed by atoms with van der Waals surface area (Å²) < 4.78 is 15.3. The molecular weight excluding hydrogens is 491 g/mol. The Morgan fingerprint density at radius 2 is 1.77 bits per heavy atom. The fourth-order valence-electron chi connectivity index (χ4n) is 5.57. The van der Waals surface area contributed by atoms with Gasteiger partial charge in [-0.15, -0.1) is 0 Å². The number of aromatic nitrogens is 7. The van der Waals surface area contributed by atoms with Crippen molar-refractivity contribution in [3.05, 3.63) is 78.8 Å². The minimum Gasteiger partial charge on any atom is -0.337 e. The van der Waals surface area contributed by atoms with Crippen molar-refractivity contribution in [3.8, 4) is 33.9 Å². The van der Waals surface area contributed by atoms with Crippen molar-refractivity contribution < 1.29 is 4.39 Å². The number of hydrogen-bond donors (Lipinski definition) is 3. The standard InChI is InChI=1S/C30H27FN8/c31-24-13-21(22-11-19(16-34-17-22)15-33-14-18-3-1-2-4-18)12-23-27(24)38-39-28(23)30-36-25-7-10-35-26(29(25)37-30)20-5-8-32-9-6-20/h5-13,16-18,33H,1-4,14-15H2,(H,36,37)(H,38,39). The van der Waals surface area contributed by atoms with E-state index in [1.54, 1.807) is 24.8 Å². The van der Waals surface area contributed by atoms with E-state index in [-0.39, 0.29) is 5.52 Å². The van der Waals surface area contributed by atoms with Crippen molar-refractivity contribution in [1.82, 2.24) is 40.4 Å². The Hall–Kier alpha value is -4.50. The molecule has 0 saturated heterocycles. The van der Waals surface area contributed by atoms with Crippen molar-refractivity contribution in [2.24, 2.45) is 5.92 Å². The highest BCUT2D eigenvalue weighted by Gasteiger charge is 2.19. The van der Waals surface area contributed by atoms with Crippen molar-refractivity contribution in [2.75, 3.05) is 6.54 Å². The first-order valence-electron chi connectivity index (χ1n) is 13.3. The lowest BCUT2D eigenvalue weighted by molar-refractivity contribution is 0.489. The molecule has 5 aromatic heterocycles. The van der Waals surface area contributed by atoms with E-state index in [1.807, 2.05) is 30.5 Å². The van der Waals surface area contributed by atoms with Gasteiger partial charge in [-0.1, -0.05) is 12.8 Å². The number of rotatable bonds is 7. The molecule has 0 aliphatic heterocycles. The lowest BCUT2D eigenvalue weighted by Gasteiger charge is -2.11. The van der Waals surface area contributed by atoms with E-state index in [9.17, 15) is 0 Å². The Kier molecular flexibility index (Phi) is 6.05. The second-order valence-electron chi connectivity index (χ2n) is 10.2. The molecule has 1 aliphatic rings. The average Bonchev–Trinajstić information content (AvgIpc) is 3.73. The van der Waals surface area contributed by atoms with Crippen molar-refractivity contribution >= 4 is 21.9 Å². The van der Waals surface area contributed by atoms with Gasteiger partial charge in [-0.05, 0) is 72.8 Å². The molecule has 6 aromatic rings. The van der Waals surface area contributed by atoms with Crippen molar-refractivity contribution in [2.45, 2.75) is 32.2 Å². The number of H-pyrrole nitrogens is 2. The lowest BCUT2D eigenvalue weighted by Crippen LogP contribution is -2.20. The Bertz CT molecular complexity index is 1770. The highest BCUT2D eigenvalue weighted by Crippen LogP contribution is 2.33. The molecule has 8 nitrogen and oxygen atoms in total. The molecule has 0 amide bonds. The number of benzene rings is 1. The van der Waals surface area contributed by atoms with E-state index >= 15 is 4.39 Å². The molecule has 5 heterocycles. The minimum atomic E-state index is -0.398. The molecule has 0 bridgehead atoms. The van der Waals surface area contributed by atoms with Crippen molar-refractivity contribution in [3.63, 3.8) is 0 Å². The monoisotopic (exact) mass is 518 g/mol. The van der Waals surface area contributed by atoms with E-state index in [2.05, 4.69) is 41.5 Å². The van der Waals surface area contributed by atoms with Crippen LogP contribution in [-0.4, -0.2) is 41.7 Å². The van der Waals surface area contributed by atoms with Crippen LogP contribution in [0.25, 0.3) is 55.8 Å². The molecule has 1 aromatic carbocycles. The van der Waals surface area contributed by atoms with Gasteiger partial charge >= 0.3 is 0 Å². The Morgan fingerprint density at radius 3 is 2.64 bits per heavy atom. The minimum absolute atomic E-state index is 0.268. The molecule has 39 heavy (non-hydrogen) atoms. The molecule has 0 unspecified atom stereocenters. The smallest absolute Gasteiger partial charge is 0.157 e. The summed E-state index contributed by atoms with van der Waals surface area (Å²) in [5, 5.41) is 11.5. The Morgan fingerprint density at radius 1 is 0.897 bits per heavy atom. The molecular formula is C30H27FN8. The zero-order valence-corrected chi connectivity index (χ0v) is 21.3. The topological polar surface area (TPSA) is 108 Å². The maximum Gasteiger partial charge on any atom is 0.157 e. The van der Waals surface area contributed by atoms with Gasteiger partial charge in [0.05, 0.1) is 11.2 Å². The molecule has 7 rings (SSSR count). The lowest BCUT2D eigenvalue weighted by atomic mass is 10.0. The third kappa shape index (κ3) is 4.55. The van der Waals surface area contributed by atoms with Gasteiger partial charge < -0.3 is 10.3 Å². The van der Waals surface area contributed by atoms with Crippen LogP contribution >= 0.6 is 0 Å². The van der Waals surface area contributed by atoms with E-state index in [1.165, 1.54) is 31.7 Å². The molecule has 0 atom stereocenters. The number of fused-ring (bicyclic) bond motifs is 2. The Labute approximate surface area is 224 Å². The maximum absolute atomic E-state index is 15.3. The normalized spacial score (nSPS) is 14.1. The highest BCUT2D eigenvalue weighted by atomic mass is 19.1. The van der Waals surface area contributed by atoms with Gasteiger partial charge in [0.1, 0.15) is 16.7 Å². The van der Waals surface area contributed by atoms with Gasteiger partial charge in [-0.3, -0.25) is 20.1 Å². The van der Waals surface area contributed by atoms with E-state index < -0.39 is 5.82 Å². The van der Waals surface area contributed by atoms with Crippen LogP contribution in [0.5, 0.6) is 0 Å². The predicted molar refractivity (Wildman–Crippen MR) is 149 cm³/mol. The first-order chi connectivity index (χ1) is 19.2. The van der Waals surface area contributed by atoms with E-state index in [4.69, 9.17) is 4.98 Å². The summed E-state index contributed by atoms with van der Waals surface area (Å²) in [6.45, 7) is 1.77. The van der Waals surface area contributed by atoms with Gasteiger partial charge in [0, 0.05) is 54.0 Å². The molecule has 1 fully saturated rings. The first-order valence-corrected chi connectivity index (χ1v) is 13.3. The van der Waals surface area contributed by atoms with Crippen LogP contribution in [0.3, 0.4) is 0 Å². The third-order valence-corrected chi connectivity index (χ3v) is 7.57. The van der Waals surface area contributed by atoms with Gasteiger partial charge in [-0.25, -0.2) is 9.37 Å². The molecule has 3 N–H and O–H groups in total. The zero-order valence-electron chi connectivity index (χ0n) is 21.3. The number of nitrogens with zero attached hydrogens (tertiary/aromatic N) is 5. The molecule has 1 saturated carbocycles. The molecule has 9 heteroatoms. The van der Waals surface area contributed by atoms with Crippen LogP contribution in [0.4, 0.5) is 4.39 Å². The molecule has 1 aliphatic carbocycles. The van der Waals surface area contributed by atoms with Crippen LogP contribution < -0.4 is 5.32 Å². The maximum atomic E-state index is 15.3. The van der Waals surface area contributed by atoms with Crippen LogP contribution in [-0.2, 0) is 6.54 Å². The number of pyridine rings is 3. The first kappa shape index (κ1) is 23.6. The number of aromatic amines is 2. The van der Waals surface area contributed by atoms with E-state index in [0.29, 0.717) is 16.9 Å². The summed E-state index contributed by atoms with van der Waals surface area (Å²) in [6.07, 6.45) is 14.1. The van der Waals surface area contributed by atoms with Gasteiger partial charge in [0.15, 0.2) is 11.6 Å². The summed E-state index contributed by atoms with van der Waals surface area (Å²) >= 11 is 0. The van der Waals surface area contributed by atoms with Crippen LogP contribution in [0.15, 0.2) is 67.4 Å². The fourth-order valence-corrected chi connectivity index (χ4v) is 5.57. The Balaban J connectivity index is 1.23. The summed E-state index contributed by atoms with van der Waals surface area (Å²) in [6, 6.07) is 11.2. The summed E-state index contributed by atoms with van der Waals surface area (Å²) in [4.78, 5) is 21.3. The summed E-state index contributed by atoms with van der Waals surface area (Å²) in [5.74, 6) is 0.937. The van der Waals surface area contributed by atoms with Crippen molar-refractivity contribution in [1.29, 1.82) is 0 Å². The van der Waals surface area contributed by atoms with Gasteiger partial charge in [0.25, 0.3) is 0 Å². The predicted octanol–water partition coefficient (Wildman–Crippen LogP) is 6.04. The van der Waals surface area contributed by atoms with Gasteiger partial charge in [-0.2, -0.15) is 5.10 Å². The number of nitrogens with one attached hydrogen (secondary N) is 3. The van der Waals surface area contributed by atoms with E-state index in [0.717, 1.165) is 58.0 Å². The highest BCUT2D eigenvalue weighted by molar-refractivity contribution is 5.97. The summed E-state index contributed by atoms with van der Waals surface area (Å²) in [7, 11) is 0. The zero-order chi connectivity index (χ0) is 26.2. The molecule has 0 radical (unpaired) electrons. The summed E-state index contributed by atoms with van der Waals surface area (Å²) in [5.41, 5.74) is 6.77. The van der Waals surface area contributed by atoms with Gasteiger partial charge in [0.2, 0.25) is 0 Å². The SMILES string of the molecule is Fc1cc(-c2cncc(CNCC3CCCC3)c2)cc2c(-c3nc4c(-c5ccncc5)nccc4[nH]3)[nH]nc12. The second kappa shape index (κ2) is 9.99. The molecule has 194 valence electrons. The average molecular weight is 519 g/mol. The number of hydrogen-bond acceptors (Lipinski definition) is 6. The van der Waals surface area contributed by atoms with Crippen LogP contribution in [0.2, 0.25) is 0 Å². The number of imidazole rings is 1. The quantitative estimate of drug-likeness (QED) is 0.238. The number of halogens is 1. The second-order valence-corrected chi connectivity index (χ2v) is 10.2. The van der Waals surface area contributed by atoms with Crippen LogP contribution in [0.1, 0.15) is 31.2 Å².